The van der Waals surface area contributed by atoms with Crippen molar-refractivity contribution in [1.29, 1.82) is 0 Å². The predicted octanol–water partition coefficient (Wildman–Crippen LogP) is -0.388. The van der Waals surface area contributed by atoms with Crippen LogP contribution in [0.4, 0.5) is 0 Å². The summed E-state index contributed by atoms with van der Waals surface area (Å²) in [5, 5.41) is 3.14. The van der Waals surface area contributed by atoms with Gasteiger partial charge >= 0.3 is 0 Å². The van der Waals surface area contributed by atoms with Crippen LogP contribution in [0.15, 0.2) is 0 Å². The van der Waals surface area contributed by atoms with Crippen molar-refractivity contribution in [2.45, 2.75) is 25.5 Å². The van der Waals surface area contributed by atoms with Crippen LogP contribution in [0.2, 0.25) is 0 Å². The molecule has 0 aliphatic carbocycles. The summed E-state index contributed by atoms with van der Waals surface area (Å²) in [5.74, 6) is 0.0731. The van der Waals surface area contributed by atoms with Crippen molar-refractivity contribution in [1.82, 2.24) is 10.2 Å². The number of ether oxygens (including phenoxy) is 2. The fourth-order valence-corrected chi connectivity index (χ4v) is 2.00. The summed E-state index contributed by atoms with van der Waals surface area (Å²) in [6, 6.07) is 0.164. The maximum Gasteiger partial charge on any atom is 0.248 e. The molecule has 2 aliphatic heterocycles. The molecule has 1 amide bonds. The van der Waals surface area contributed by atoms with E-state index in [0.29, 0.717) is 19.8 Å². The first-order chi connectivity index (χ1) is 7.61. The topological polar surface area (TPSA) is 50.8 Å². The molecule has 16 heavy (non-hydrogen) atoms. The average molecular weight is 228 g/mol. The SMILES string of the molecule is CC1COCCN1C(=O)COC1(C)CNC1. The zero-order valence-corrected chi connectivity index (χ0v) is 9.99. The van der Waals surface area contributed by atoms with Gasteiger partial charge in [0.1, 0.15) is 6.61 Å². The summed E-state index contributed by atoms with van der Waals surface area (Å²) in [4.78, 5) is 13.8. The number of amides is 1. The predicted molar refractivity (Wildman–Crippen MR) is 59.2 cm³/mol. The van der Waals surface area contributed by atoms with Gasteiger partial charge in [0.05, 0.1) is 24.9 Å². The van der Waals surface area contributed by atoms with Crippen LogP contribution in [0.25, 0.3) is 0 Å². The molecule has 2 rings (SSSR count). The van der Waals surface area contributed by atoms with Gasteiger partial charge < -0.3 is 19.7 Å². The molecule has 2 saturated heterocycles. The molecule has 5 nitrogen and oxygen atoms in total. The van der Waals surface area contributed by atoms with Crippen LogP contribution < -0.4 is 5.32 Å². The molecule has 0 saturated carbocycles. The molecule has 0 aromatic rings. The Kier molecular flexibility index (Phi) is 3.47. The molecule has 0 radical (unpaired) electrons. The van der Waals surface area contributed by atoms with Crippen molar-refractivity contribution >= 4 is 5.91 Å². The summed E-state index contributed by atoms with van der Waals surface area (Å²) in [7, 11) is 0. The van der Waals surface area contributed by atoms with Crippen molar-refractivity contribution in [3.63, 3.8) is 0 Å². The molecular weight excluding hydrogens is 208 g/mol. The third-order valence-corrected chi connectivity index (χ3v) is 3.23. The Labute approximate surface area is 96.1 Å². The fraction of sp³-hybridized carbons (Fsp3) is 0.909. The highest BCUT2D eigenvalue weighted by Gasteiger charge is 2.34. The van der Waals surface area contributed by atoms with E-state index in [9.17, 15) is 4.79 Å². The third-order valence-electron chi connectivity index (χ3n) is 3.23. The van der Waals surface area contributed by atoms with E-state index < -0.39 is 0 Å². The lowest BCUT2D eigenvalue weighted by atomic mass is 10.0. The molecule has 0 aromatic heterocycles. The minimum atomic E-state index is -0.148. The lowest BCUT2D eigenvalue weighted by Gasteiger charge is -2.40. The number of carbonyl (C=O) groups is 1. The lowest BCUT2D eigenvalue weighted by molar-refractivity contribution is -0.153. The van der Waals surface area contributed by atoms with E-state index in [1.807, 2.05) is 18.7 Å². The molecule has 1 atom stereocenters. The smallest absolute Gasteiger partial charge is 0.248 e. The van der Waals surface area contributed by atoms with Gasteiger partial charge in [0.25, 0.3) is 0 Å². The second-order valence-corrected chi connectivity index (χ2v) is 4.85. The summed E-state index contributed by atoms with van der Waals surface area (Å²) in [5.41, 5.74) is -0.148. The van der Waals surface area contributed by atoms with Gasteiger partial charge in [-0.3, -0.25) is 4.79 Å². The quantitative estimate of drug-likeness (QED) is 0.715. The van der Waals surface area contributed by atoms with Crippen LogP contribution in [0.1, 0.15) is 13.8 Å². The van der Waals surface area contributed by atoms with Crippen LogP contribution in [0.5, 0.6) is 0 Å². The lowest BCUT2D eigenvalue weighted by Crippen LogP contribution is -2.60. The first-order valence-electron chi connectivity index (χ1n) is 5.83. The van der Waals surface area contributed by atoms with Gasteiger partial charge in [0.2, 0.25) is 5.91 Å². The van der Waals surface area contributed by atoms with Gasteiger partial charge in [-0.1, -0.05) is 0 Å². The van der Waals surface area contributed by atoms with E-state index in [0.717, 1.165) is 13.1 Å². The van der Waals surface area contributed by atoms with Crippen LogP contribution in [-0.2, 0) is 14.3 Å². The number of morpholine rings is 1. The molecular formula is C11H20N2O3. The van der Waals surface area contributed by atoms with E-state index in [2.05, 4.69) is 5.32 Å². The summed E-state index contributed by atoms with van der Waals surface area (Å²) < 4.78 is 10.9. The van der Waals surface area contributed by atoms with Crippen molar-refractivity contribution in [2.75, 3.05) is 39.5 Å². The number of nitrogens with one attached hydrogen (secondary N) is 1. The Morgan fingerprint density at radius 3 is 2.94 bits per heavy atom. The van der Waals surface area contributed by atoms with Crippen molar-refractivity contribution in [3.8, 4) is 0 Å². The zero-order valence-electron chi connectivity index (χ0n) is 9.99. The van der Waals surface area contributed by atoms with Gasteiger partial charge in [-0.05, 0) is 13.8 Å². The van der Waals surface area contributed by atoms with E-state index in [-0.39, 0.29) is 24.2 Å². The Balaban J connectivity index is 1.78. The van der Waals surface area contributed by atoms with Gasteiger partial charge in [-0.15, -0.1) is 0 Å². The van der Waals surface area contributed by atoms with Gasteiger partial charge in [-0.25, -0.2) is 0 Å². The highest BCUT2D eigenvalue weighted by molar-refractivity contribution is 5.77. The summed E-state index contributed by atoms with van der Waals surface area (Å²) in [6.45, 7) is 7.82. The minimum Gasteiger partial charge on any atom is -0.377 e. The summed E-state index contributed by atoms with van der Waals surface area (Å²) >= 11 is 0. The number of hydrogen-bond acceptors (Lipinski definition) is 4. The maximum absolute atomic E-state index is 11.9. The molecule has 0 spiro atoms. The molecule has 2 aliphatic rings. The Morgan fingerprint density at radius 2 is 2.38 bits per heavy atom. The van der Waals surface area contributed by atoms with Crippen LogP contribution >= 0.6 is 0 Å². The van der Waals surface area contributed by atoms with Gasteiger partial charge in [0.15, 0.2) is 0 Å². The average Bonchev–Trinajstić information content (AvgIpc) is 2.24. The second-order valence-electron chi connectivity index (χ2n) is 4.85. The number of nitrogens with zero attached hydrogens (tertiary/aromatic N) is 1. The maximum atomic E-state index is 11.9. The fourth-order valence-electron chi connectivity index (χ4n) is 2.00. The number of rotatable bonds is 3. The van der Waals surface area contributed by atoms with Crippen LogP contribution in [-0.4, -0.2) is 61.9 Å². The molecule has 0 bridgehead atoms. The van der Waals surface area contributed by atoms with E-state index in [1.165, 1.54) is 0 Å². The monoisotopic (exact) mass is 228 g/mol. The summed E-state index contributed by atoms with van der Waals surface area (Å²) in [6.07, 6.45) is 0. The molecule has 2 fully saturated rings. The highest BCUT2D eigenvalue weighted by atomic mass is 16.5. The normalized spacial score (nSPS) is 28.6. The number of carbonyl (C=O) groups excluding carboxylic acids is 1. The third kappa shape index (κ3) is 2.53. The first kappa shape index (κ1) is 11.8. The number of hydrogen-bond donors (Lipinski definition) is 1. The first-order valence-corrected chi connectivity index (χ1v) is 5.83. The molecule has 0 aromatic carbocycles. The van der Waals surface area contributed by atoms with Crippen LogP contribution in [0.3, 0.4) is 0 Å². The largest absolute Gasteiger partial charge is 0.377 e. The zero-order chi connectivity index (χ0) is 11.6. The van der Waals surface area contributed by atoms with Crippen molar-refractivity contribution in [2.24, 2.45) is 0 Å². The van der Waals surface area contributed by atoms with E-state index in [1.54, 1.807) is 0 Å². The molecule has 1 N–H and O–H groups in total. The Morgan fingerprint density at radius 1 is 1.62 bits per heavy atom. The molecule has 92 valence electrons. The second kappa shape index (κ2) is 4.69. The minimum absolute atomic E-state index is 0.0731. The van der Waals surface area contributed by atoms with E-state index >= 15 is 0 Å². The van der Waals surface area contributed by atoms with Crippen molar-refractivity contribution < 1.29 is 14.3 Å². The Hall–Kier alpha value is -0.650. The van der Waals surface area contributed by atoms with Gasteiger partial charge in [0, 0.05) is 19.6 Å². The van der Waals surface area contributed by atoms with Crippen LogP contribution in [0, 0.1) is 0 Å². The van der Waals surface area contributed by atoms with E-state index in [4.69, 9.17) is 9.47 Å². The Bertz CT molecular complexity index is 266. The highest BCUT2D eigenvalue weighted by Crippen LogP contribution is 2.16. The van der Waals surface area contributed by atoms with Gasteiger partial charge in [-0.2, -0.15) is 0 Å². The molecule has 1 unspecified atom stereocenters. The molecule has 5 heteroatoms. The molecule has 2 heterocycles. The standard InChI is InChI=1S/C11H20N2O3/c1-9-5-15-4-3-13(9)10(14)6-16-11(2)7-12-8-11/h9,12H,3-8H2,1-2H3. The van der Waals surface area contributed by atoms with Crippen molar-refractivity contribution in [3.05, 3.63) is 0 Å².